The number of methoxy groups -OCH3 is 2. The normalized spacial score (nSPS) is 15.4. The van der Waals surface area contributed by atoms with Crippen molar-refractivity contribution in [2.75, 3.05) is 27.4 Å². The Hall–Kier alpha value is -2.11. The van der Waals surface area contributed by atoms with Gasteiger partial charge in [0.2, 0.25) is 0 Å². The summed E-state index contributed by atoms with van der Waals surface area (Å²) in [5.74, 6) is 1.89. The van der Waals surface area contributed by atoms with Crippen LogP contribution in [-0.2, 0) is 16.0 Å². The van der Waals surface area contributed by atoms with Crippen molar-refractivity contribution in [2.45, 2.75) is 46.5 Å². The molecular weight excluding hydrogens is 468 g/mol. The van der Waals surface area contributed by atoms with Crippen molar-refractivity contribution >= 4 is 27.3 Å². The number of ketones is 1. The van der Waals surface area contributed by atoms with Crippen LogP contribution in [-0.4, -0.2) is 33.2 Å². The van der Waals surface area contributed by atoms with Crippen LogP contribution >= 0.6 is 15.9 Å². The molecule has 1 aliphatic rings. The van der Waals surface area contributed by atoms with E-state index in [1.165, 1.54) is 5.56 Å². The van der Waals surface area contributed by atoms with E-state index in [-0.39, 0.29) is 11.7 Å². The molecule has 32 heavy (non-hydrogen) atoms. The average molecular weight is 503 g/mol. The molecule has 174 valence electrons. The maximum Gasteiger partial charge on any atom is 0.169 e. The molecule has 0 saturated carbocycles. The summed E-state index contributed by atoms with van der Waals surface area (Å²) < 4.78 is 16.9. The van der Waals surface area contributed by atoms with Gasteiger partial charge in [0.05, 0.1) is 19.6 Å². The maximum absolute atomic E-state index is 13.4. The SMILES string of the molecule is C/C=C(/C(=O)C1COc2ccc(OC)cc2C1)c1ccc(Br)cc1C(C)C.CCCOC. The molecule has 4 nitrogen and oxygen atoms in total. The molecule has 1 heterocycles. The second-order valence-corrected chi connectivity index (χ2v) is 9.05. The Labute approximate surface area is 201 Å². The molecule has 1 unspecified atom stereocenters. The Morgan fingerprint density at radius 1 is 1.22 bits per heavy atom. The number of fused-ring (bicyclic) bond motifs is 1. The van der Waals surface area contributed by atoms with Crippen LogP contribution in [0.3, 0.4) is 0 Å². The fourth-order valence-electron chi connectivity index (χ4n) is 3.78. The lowest BCUT2D eigenvalue weighted by atomic mass is 9.84. The van der Waals surface area contributed by atoms with Crippen molar-refractivity contribution < 1.29 is 19.0 Å². The van der Waals surface area contributed by atoms with E-state index in [1.54, 1.807) is 14.2 Å². The third kappa shape index (κ3) is 6.69. The Morgan fingerprint density at radius 3 is 2.53 bits per heavy atom. The van der Waals surface area contributed by atoms with Crippen LogP contribution < -0.4 is 9.47 Å². The molecule has 3 rings (SSSR count). The van der Waals surface area contributed by atoms with Gasteiger partial charge in [0.15, 0.2) is 5.78 Å². The first-order chi connectivity index (χ1) is 15.4. The molecule has 0 N–H and O–H groups in total. The lowest BCUT2D eigenvalue weighted by Gasteiger charge is -2.26. The third-order valence-corrected chi connectivity index (χ3v) is 5.93. The quantitative estimate of drug-likeness (QED) is 0.388. The monoisotopic (exact) mass is 502 g/mol. The van der Waals surface area contributed by atoms with Gasteiger partial charge in [-0.2, -0.15) is 0 Å². The minimum Gasteiger partial charge on any atom is -0.497 e. The molecule has 0 amide bonds. The van der Waals surface area contributed by atoms with Crippen molar-refractivity contribution in [3.8, 4) is 11.5 Å². The first-order valence-electron chi connectivity index (χ1n) is 11.1. The van der Waals surface area contributed by atoms with Crippen LogP contribution in [0.25, 0.3) is 5.57 Å². The summed E-state index contributed by atoms with van der Waals surface area (Å²) >= 11 is 3.54. The van der Waals surface area contributed by atoms with Crippen molar-refractivity contribution in [1.29, 1.82) is 0 Å². The first-order valence-corrected chi connectivity index (χ1v) is 11.9. The summed E-state index contributed by atoms with van der Waals surface area (Å²) in [4.78, 5) is 13.4. The lowest BCUT2D eigenvalue weighted by Crippen LogP contribution is -2.29. The molecule has 0 spiro atoms. The highest BCUT2D eigenvalue weighted by atomic mass is 79.9. The fourth-order valence-corrected chi connectivity index (χ4v) is 4.16. The molecule has 2 aromatic carbocycles. The standard InChI is InChI=1S/C23H25BrO3.C4H10O/c1-5-19(20-8-6-17(24)12-21(20)14(2)3)23(25)16-10-15-11-18(26-4)7-9-22(15)27-13-16;1-3-4-5-2/h5-9,11-12,14,16H,10,13H2,1-4H3;3-4H2,1-2H3/b19-5+;. The minimum absolute atomic E-state index is 0.134. The van der Waals surface area contributed by atoms with Crippen LogP contribution in [0.2, 0.25) is 0 Å². The molecule has 5 heteroatoms. The van der Waals surface area contributed by atoms with E-state index < -0.39 is 0 Å². The number of allylic oxidation sites excluding steroid dienone is 2. The van der Waals surface area contributed by atoms with E-state index in [4.69, 9.17) is 14.2 Å². The minimum atomic E-state index is -0.195. The van der Waals surface area contributed by atoms with Gasteiger partial charge >= 0.3 is 0 Å². The first kappa shape index (κ1) is 26.1. The van der Waals surface area contributed by atoms with Gasteiger partial charge in [0.1, 0.15) is 11.5 Å². The molecule has 0 aliphatic carbocycles. The molecule has 2 aromatic rings. The van der Waals surface area contributed by atoms with Gasteiger partial charge in [-0.25, -0.2) is 0 Å². The molecule has 1 aliphatic heterocycles. The molecule has 0 saturated heterocycles. The zero-order chi connectivity index (χ0) is 23.7. The van der Waals surface area contributed by atoms with E-state index >= 15 is 0 Å². The highest BCUT2D eigenvalue weighted by Gasteiger charge is 2.29. The predicted molar refractivity (Wildman–Crippen MR) is 135 cm³/mol. The van der Waals surface area contributed by atoms with Gasteiger partial charge in [-0.3, -0.25) is 4.79 Å². The van der Waals surface area contributed by atoms with Crippen molar-refractivity contribution in [2.24, 2.45) is 5.92 Å². The second kappa shape index (κ2) is 12.8. The van der Waals surface area contributed by atoms with Crippen molar-refractivity contribution in [1.82, 2.24) is 0 Å². The van der Waals surface area contributed by atoms with Gasteiger partial charge < -0.3 is 14.2 Å². The zero-order valence-corrected chi connectivity index (χ0v) is 21.6. The van der Waals surface area contributed by atoms with Gasteiger partial charge in [0.25, 0.3) is 0 Å². The summed E-state index contributed by atoms with van der Waals surface area (Å²) in [6.45, 7) is 9.61. The Morgan fingerprint density at radius 2 is 1.97 bits per heavy atom. The molecule has 0 bridgehead atoms. The Balaban J connectivity index is 0.000000654. The Bertz CT molecular complexity index is 931. The lowest BCUT2D eigenvalue weighted by molar-refractivity contribution is -0.118. The summed E-state index contributed by atoms with van der Waals surface area (Å²) in [5, 5.41) is 0. The number of hydrogen-bond donors (Lipinski definition) is 0. The van der Waals surface area contributed by atoms with Gasteiger partial charge in [0, 0.05) is 23.8 Å². The number of halogens is 1. The van der Waals surface area contributed by atoms with E-state index in [0.29, 0.717) is 18.9 Å². The van der Waals surface area contributed by atoms with Crippen LogP contribution in [0.15, 0.2) is 46.9 Å². The summed E-state index contributed by atoms with van der Waals surface area (Å²) in [7, 11) is 3.36. The zero-order valence-electron chi connectivity index (χ0n) is 20.0. The number of benzene rings is 2. The van der Waals surface area contributed by atoms with Crippen LogP contribution in [0.1, 0.15) is 56.7 Å². The van der Waals surface area contributed by atoms with E-state index in [9.17, 15) is 4.79 Å². The molecule has 0 fully saturated rings. The summed E-state index contributed by atoms with van der Waals surface area (Å²) in [6.07, 6.45) is 3.71. The second-order valence-electron chi connectivity index (χ2n) is 8.13. The number of Topliss-reactive ketones (excluding diaryl/α,β-unsaturated/α-hetero) is 1. The maximum atomic E-state index is 13.4. The van der Waals surface area contributed by atoms with Crippen LogP contribution in [0, 0.1) is 5.92 Å². The number of ether oxygens (including phenoxy) is 3. The molecule has 0 radical (unpaired) electrons. The van der Waals surface area contributed by atoms with Gasteiger partial charge in [-0.15, -0.1) is 0 Å². The third-order valence-electron chi connectivity index (χ3n) is 5.43. The highest BCUT2D eigenvalue weighted by Crippen LogP contribution is 2.35. The molecular formula is C27H35BrO4. The Kier molecular flexibility index (Phi) is 10.5. The highest BCUT2D eigenvalue weighted by molar-refractivity contribution is 9.10. The fraction of sp³-hybridized carbons (Fsp3) is 0.444. The van der Waals surface area contributed by atoms with E-state index in [0.717, 1.165) is 45.7 Å². The van der Waals surface area contributed by atoms with Crippen molar-refractivity contribution in [3.05, 3.63) is 63.6 Å². The number of carbonyl (C=O) groups is 1. The predicted octanol–water partition coefficient (Wildman–Crippen LogP) is 6.85. The van der Waals surface area contributed by atoms with E-state index in [2.05, 4.69) is 42.8 Å². The van der Waals surface area contributed by atoms with Gasteiger partial charge in [-0.05, 0) is 72.7 Å². The van der Waals surface area contributed by atoms with Crippen molar-refractivity contribution in [3.63, 3.8) is 0 Å². The smallest absolute Gasteiger partial charge is 0.169 e. The topological polar surface area (TPSA) is 44.8 Å². The summed E-state index contributed by atoms with van der Waals surface area (Å²) in [6, 6.07) is 11.9. The summed E-state index contributed by atoms with van der Waals surface area (Å²) in [5.41, 5.74) is 3.97. The number of hydrogen-bond acceptors (Lipinski definition) is 4. The van der Waals surface area contributed by atoms with Crippen LogP contribution in [0.4, 0.5) is 0 Å². The average Bonchev–Trinajstić information content (AvgIpc) is 2.80. The molecule has 0 aromatic heterocycles. The number of rotatable bonds is 7. The molecule has 1 atom stereocenters. The van der Waals surface area contributed by atoms with Gasteiger partial charge in [-0.1, -0.05) is 48.8 Å². The largest absolute Gasteiger partial charge is 0.497 e. The number of carbonyl (C=O) groups excluding carboxylic acids is 1. The van der Waals surface area contributed by atoms with Crippen LogP contribution in [0.5, 0.6) is 11.5 Å². The van der Waals surface area contributed by atoms with E-state index in [1.807, 2.05) is 43.3 Å².